The van der Waals surface area contributed by atoms with E-state index in [1.807, 2.05) is 12.1 Å². The van der Waals surface area contributed by atoms with Crippen molar-refractivity contribution in [2.24, 2.45) is 5.84 Å². The Kier molecular flexibility index (Phi) is 3.96. The Bertz CT molecular complexity index is 506. The standard InChI is InChI=1S/C13H19N5/c1-2-4-9-5-3-6-10(7-9)12(17-15)11-8-16-18-13(11)14/h3,5-8,12,17H,2,4,15H2,1H3,(H3,14,16,18). The minimum atomic E-state index is -0.138. The summed E-state index contributed by atoms with van der Waals surface area (Å²) in [6.45, 7) is 2.17. The van der Waals surface area contributed by atoms with Gasteiger partial charge in [-0.2, -0.15) is 5.10 Å². The lowest BCUT2D eigenvalue weighted by molar-refractivity contribution is 0.638. The van der Waals surface area contributed by atoms with E-state index in [2.05, 4.69) is 34.7 Å². The van der Waals surface area contributed by atoms with Gasteiger partial charge in [0.1, 0.15) is 5.82 Å². The molecule has 0 saturated carbocycles. The molecule has 0 amide bonds. The van der Waals surface area contributed by atoms with E-state index in [9.17, 15) is 0 Å². The smallest absolute Gasteiger partial charge is 0.124 e. The maximum atomic E-state index is 5.84. The second-order valence-electron chi connectivity index (χ2n) is 4.33. The van der Waals surface area contributed by atoms with Gasteiger partial charge in [-0.15, -0.1) is 0 Å². The summed E-state index contributed by atoms with van der Waals surface area (Å²) < 4.78 is 0. The van der Waals surface area contributed by atoms with Crippen molar-refractivity contribution in [3.63, 3.8) is 0 Å². The highest BCUT2D eigenvalue weighted by atomic mass is 15.2. The number of hydrazine groups is 1. The van der Waals surface area contributed by atoms with Crippen molar-refractivity contribution in [2.75, 3.05) is 5.73 Å². The van der Waals surface area contributed by atoms with Crippen LogP contribution < -0.4 is 17.0 Å². The summed E-state index contributed by atoms with van der Waals surface area (Å²) in [6, 6.07) is 8.22. The van der Waals surface area contributed by atoms with Crippen molar-refractivity contribution in [3.05, 3.63) is 47.2 Å². The first-order valence-corrected chi connectivity index (χ1v) is 6.10. The zero-order valence-corrected chi connectivity index (χ0v) is 10.5. The van der Waals surface area contributed by atoms with Crippen LogP contribution >= 0.6 is 0 Å². The van der Waals surface area contributed by atoms with Gasteiger partial charge in [0.2, 0.25) is 0 Å². The summed E-state index contributed by atoms with van der Waals surface area (Å²) >= 11 is 0. The summed E-state index contributed by atoms with van der Waals surface area (Å²) in [5.41, 5.74) is 11.9. The van der Waals surface area contributed by atoms with Crippen LogP contribution in [0.4, 0.5) is 5.82 Å². The molecule has 5 heteroatoms. The topological polar surface area (TPSA) is 92.7 Å². The number of nitrogens with zero attached hydrogens (tertiary/aromatic N) is 1. The molecule has 1 aromatic heterocycles. The molecule has 0 radical (unpaired) electrons. The molecule has 1 aromatic carbocycles. The monoisotopic (exact) mass is 245 g/mol. The molecule has 0 aliphatic carbocycles. The lowest BCUT2D eigenvalue weighted by atomic mass is 9.98. The lowest BCUT2D eigenvalue weighted by Gasteiger charge is -2.16. The van der Waals surface area contributed by atoms with Crippen LogP contribution in [0.2, 0.25) is 0 Å². The first-order valence-electron chi connectivity index (χ1n) is 6.10. The number of benzene rings is 1. The minimum Gasteiger partial charge on any atom is -0.384 e. The molecule has 0 aliphatic heterocycles. The number of hydrogen-bond acceptors (Lipinski definition) is 4. The van der Waals surface area contributed by atoms with Crippen LogP contribution in [0.25, 0.3) is 0 Å². The second kappa shape index (κ2) is 5.66. The molecular formula is C13H19N5. The van der Waals surface area contributed by atoms with E-state index in [-0.39, 0.29) is 6.04 Å². The van der Waals surface area contributed by atoms with Gasteiger partial charge in [-0.1, -0.05) is 37.6 Å². The number of nitrogens with one attached hydrogen (secondary N) is 2. The van der Waals surface area contributed by atoms with Crippen LogP contribution in [-0.2, 0) is 6.42 Å². The van der Waals surface area contributed by atoms with E-state index < -0.39 is 0 Å². The fourth-order valence-corrected chi connectivity index (χ4v) is 2.12. The average molecular weight is 245 g/mol. The minimum absolute atomic E-state index is 0.138. The number of hydrogen-bond donors (Lipinski definition) is 4. The molecule has 96 valence electrons. The van der Waals surface area contributed by atoms with Crippen LogP contribution in [0, 0.1) is 0 Å². The third-order valence-corrected chi connectivity index (χ3v) is 3.00. The Hall–Kier alpha value is -1.85. The third-order valence-electron chi connectivity index (χ3n) is 3.00. The Morgan fingerprint density at radius 2 is 2.28 bits per heavy atom. The zero-order valence-electron chi connectivity index (χ0n) is 10.5. The van der Waals surface area contributed by atoms with Crippen molar-refractivity contribution in [1.29, 1.82) is 0 Å². The van der Waals surface area contributed by atoms with Gasteiger partial charge in [0.25, 0.3) is 0 Å². The number of aromatic nitrogens is 2. The van der Waals surface area contributed by atoms with Gasteiger partial charge in [-0.3, -0.25) is 10.9 Å². The number of nitrogen functional groups attached to an aromatic ring is 1. The van der Waals surface area contributed by atoms with Crippen LogP contribution in [0.15, 0.2) is 30.5 Å². The van der Waals surface area contributed by atoms with Gasteiger partial charge in [0.15, 0.2) is 0 Å². The molecule has 0 saturated heterocycles. The molecule has 18 heavy (non-hydrogen) atoms. The van der Waals surface area contributed by atoms with Crippen LogP contribution in [0.3, 0.4) is 0 Å². The summed E-state index contributed by atoms with van der Waals surface area (Å²) in [4.78, 5) is 0. The number of anilines is 1. The number of H-pyrrole nitrogens is 1. The molecule has 0 spiro atoms. The highest BCUT2D eigenvalue weighted by molar-refractivity contribution is 5.44. The van der Waals surface area contributed by atoms with Crippen LogP contribution in [0.1, 0.15) is 36.1 Å². The van der Waals surface area contributed by atoms with Crippen molar-refractivity contribution >= 4 is 5.82 Å². The van der Waals surface area contributed by atoms with Crippen LogP contribution in [0.5, 0.6) is 0 Å². The normalized spacial score (nSPS) is 12.6. The number of aryl methyl sites for hydroxylation is 1. The number of nitrogens with two attached hydrogens (primary N) is 2. The summed E-state index contributed by atoms with van der Waals surface area (Å²) in [7, 11) is 0. The molecule has 0 aliphatic rings. The fourth-order valence-electron chi connectivity index (χ4n) is 2.12. The van der Waals surface area contributed by atoms with E-state index >= 15 is 0 Å². The summed E-state index contributed by atoms with van der Waals surface area (Å²) in [6.07, 6.45) is 3.89. The Labute approximate surface area is 107 Å². The molecule has 1 atom stereocenters. The van der Waals surface area contributed by atoms with Crippen molar-refractivity contribution in [1.82, 2.24) is 15.6 Å². The average Bonchev–Trinajstić information content (AvgIpc) is 2.78. The van der Waals surface area contributed by atoms with E-state index in [1.165, 1.54) is 5.56 Å². The SMILES string of the molecule is CCCc1cccc(C(NN)c2cn[nH]c2N)c1. The van der Waals surface area contributed by atoms with Crippen molar-refractivity contribution < 1.29 is 0 Å². The van der Waals surface area contributed by atoms with E-state index in [0.717, 1.165) is 24.0 Å². The second-order valence-corrected chi connectivity index (χ2v) is 4.33. The molecule has 0 bridgehead atoms. The highest BCUT2D eigenvalue weighted by Gasteiger charge is 2.16. The predicted octanol–water partition coefficient (Wildman–Crippen LogP) is 1.50. The van der Waals surface area contributed by atoms with Gasteiger partial charge in [0, 0.05) is 5.56 Å². The summed E-state index contributed by atoms with van der Waals surface area (Å²) in [5, 5.41) is 6.65. The molecule has 0 fully saturated rings. The predicted molar refractivity (Wildman–Crippen MR) is 72.6 cm³/mol. The number of aromatic amines is 1. The Balaban J connectivity index is 2.33. The number of rotatable bonds is 5. The van der Waals surface area contributed by atoms with Gasteiger partial charge in [0.05, 0.1) is 12.2 Å². The molecule has 6 N–H and O–H groups in total. The van der Waals surface area contributed by atoms with Crippen molar-refractivity contribution in [3.8, 4) is 0 Å². The van der Waals surface area contributed by atoms with Gasteiger partial charge in [-0.05, 0) is 17.5 Å². The Morgan fingerprint density at radius 3 is 2.89 bits per heavy atom. The molecule has 2 aromatic rings. The molecule has 2 rings (SSSR count). The third kappa shape index (κ3) is 2.52. The zero-order chi connectivity index (χ0) is 13.0. The lowest BCUT2D eigenvalue weighted by Crippen LogP contribution is -2.29. The quantitative estimate of drug-likeness (QED) is 0.474. The van der Waals surface area contributed by atoms with Gasteiger partial charge in [-0.25, -0.2) is 5.43 Å². The van der Waals surface area contributed by atoms with Crippen molar-refractivity contribution in [2.45, 2.75) is 25.8 Å². The molecule has 1 unspecified atom stereocenters. The maximum absolute atomic E-state index is 5.84. The largest absolute Gasteiger partial charge is 0.384 e. The summed E-state index contributed by atoms with van der Waals surface area (Å²) in [5.74, 6) is 6.18. The molecule has 1 heterocycles. The van der Waals surface area contributed by atoms with E-state index in [0.29, 0.717) is 5.82 Å². The Morgan fingerprint density at radius 1 is 1.44 bits per heavy atom. The maximum Gasteiger partial charge on any atom is 0.124 e. The van der Waals surface area contributed by atoms with E-state index in [1.54, 1.807) is 6.20 Å². The fraction of sp³-hybridized carbons (Fsp3) is 0.308. The highest BCUT2D eigenvalue weighted by Crippen LogP contribution is 2.25. The molecule has 5 nitrogen and oxygen atoms in total. The first kappa shape index (κ1) is 12.6. The van der Waals surface area contributed by atoms with Gasteiger partial charge >= 0.3 is 0 Å². The first-order chi connectivity index (χ1) is 8.76. The van der Waals surface area contributed by atoms with Gasteiger partial charge < -0.3 is 5.73 Å². The molecular weight excluding hydrogens is 226 g/mol. The van der Waals surface area contributed by atoms with E-state index in [4.69, 9.17) is 11.6 Å². The van der Waals surface area contributed by atoms with Crippen LogP contribution in [-0.4, -0.2) is 10.2 Å².